The molecular weight excluding hydrogens is 241 g/mol. The third-order valence-electron chi connectivity index (χ3n) is 2.15. The molecule has 0 N–H and O–H groups in total. The largest absolute Gasteiger partial charge is 1.00 e. The van der Waals surface area contributed by atoms with Crippen LogP contribution in [0.3, 0.4) is 0 Å². The first kappa shape index (κ1) is 13.7. The summed E-state index contributed by atoms with van der Waals surface area (Å²) in [6, 6.07) is 4.34. The number of aryl methyl sites for hydroxylation is 1. The van der Waals surface area contributed by atoms with Gasteiger partial charge >= 0.3 is 35.3 Å². The molecule has 2 aromatic rings. The maximum Gasteiger partial charge on any atom is 1.00 e. The molecule has 2 rings (SSSR count). The van der Waals surface area contributed by atoms with Gasteiger partial charge in [0.2, 0.25) is 0 Å². The van der Waals surface area contributed by atoms with Crippen molar-refractivity contribution in [1.29, 1.82) is 0 Å². The monoisotopic (exact) mass is 249 g/mol. The van der Waals surface area contributed by atoms with Gasteiger partial charge in [-0.15, -0.1) is 0 Å². The third-order valence-corrected chi connectivity index (χ3v) is 2.79. The van der Waals surface area contributed by atoms with Gasteiger partial charge in [-0.2, -0.15) is 0 Å². The molecule has 0 saturated heterocycles. The van der Waals surface area contributed by atoms with Gasteiger partial charge in [-0.25, -0.2) is 4.79 Å². The fraction of sp³-hybridized carbons (Fsp3) is 0.222. The standard InChI is InChI=1S/C9H9NO4S.Na/c1-2-10-7-4-3-6(15(12)13)5-8(7)14-9(10)11;/h3-5H,2H2,1H3,(H,12,13);/q;+1/p-1. The first-order valence-corrected chi connectivity index (χ1v) is 5.43. The van der Waals surface area contributed by atoms with Crippen LogP contribution in [0.1, 0.15) is 6.92 Å². The molecule has 0 fully saturated rings. The molecule has 1 aromatic heterocycles. The Morgan fingerprint density at radius 2 is 2.19 bits per heavy atom. The summed E-state index contributed by atoms with van der Waals surface area (Å²) in [4.78, 5) is 11.4. The Morgan fingerprint density at radius 1 is 1.50 bits per heavy atom. The van der Waals surface area contributed by atoms with Crippen molar-refractivity contribution in [1.82, 2.24) is 4.57 Å². The van der Waals surface area contributed by atoms with Crippen molar-refractivity contribution in [2.45, 2.75) is 18.4 Å². The summed E-state index contributed by atoms with van der Waals surface area (Å²) in [6.45, 7) is 2.31. The fourth-order valence-electron chi connectivity index (χ4n) is 1.45. The average molecular weight is 249 g/mol. The summed E-state index contributed by atoms with van der Waals surface area (Å²) in [5.41, 5.74) is 0.903. The second kappa shape index (κ2) is 5.29. The van der Waals surface area contributed by atoms with Crippen LogP contribution >= 0.6 is 0 Å². The summed E-state index contributed by atoms with van der Waals surface area (Å²) in [7, 11) is 0. The van der Waals surface area contributed by atoms with Crippen LogP contribution < -0.4 is 35.3 Å². The van der Waals surface area contributed by atoms with E-state index in [2.05, 4.69) is 0 Å². The topological polar surface area (TPSA) is 75.3 Å². The van der Waals surface area contributed by atoms with Gasteiger partial charge in [0.1, 0.15) is 0 Å². The molecule has 0 bridgehead atoms. The van der Waals surface area contributed by atoms with E-state index in [0.717, 1.165) is 0 Å². The molecule has 1 atom stereocenters. The van der Waals surface area contributed by atoms with E-state index in [9.17, 15) is 13.6 Å². The smallest absolute Gasteiger partial charge is 0.768 e. The zero-order valence-corrected chi connectivity index (χ0v) is 11.7. The van der Waals surface area contributed by atoms with Crippen LogP contribution in [-0.4, -0.2) is 13.3 Å². The van der Waals surface area contributed by atoms with E-state index in [-0.39, 0.29) is 34.5 Å². The molecule has 1 unspecified atom stereocenters. The summed E-state index contributed by atoms with van der Waals surface area (Å²) < 4.78 is 27.7. The van der Waals surface area contributed by atoms with E-state index in [0.29, 0.717) is 17.6 Å². The van der Waals surface area contributed by atoms with Gasteiger partial charge in [0, 0.05) is 11.4 Å². The molecule has 1 aromatic carbocycles. The number of oxazole rings is 1. The molecule has 1 heterocycles. The van der Waals surface area contributed by atoms with E-state index >= 15 is 0 Å². The van der Waals surface area contributed by atoms with Crippen molar-refractivity contribution in [3.05, 3.63) is 28.7 Å². The Hall–Kier alpha value is -0.400. The molecule has 7 heteroatoms. The fourth-order valence-corrected chi connectivity index (χ4v) is 1.83. The first-order chi connectivity index (χ1) is 7.13. The van der Waals surface area contributed by atoms with Gasteiger partial charge in [0.15, 0.2) is 5.58 Å². The summed E-state index contributed by atoms with van der Waals surface area (Å²) in [5, 5.41) is 0. The molecule has 0 aliphatic carbocycles. The Kier molecular flexibility index (Phi) is 4.52. The van der Waals surface area contributed by atoms with Crippen LogP contribution in [0, 0.1) is 0 Å². The Bertz CT molecular complexity index is 589. The minimum absolute atomic E-state index is 0. The van der Waals surface area contributed by atoms with Crippen molar-refractivity contribution in [2.75, 3.05) is 0 Å². The predicted octanol–water partition coefficient (Wildman–Crippen LogP) is -2.14. The number of nitrogens with zero attached hydrogens (tertiary/aromatic N) is 1. The van der Waals surface area contributed by atoms with Gasteiger partial charge in [-0.1, -0.05) is 0 Å². The molecule has 0 aliphatic rings. The van der Waals surface area contributed by atoms with E-state index in [1.165, 1.54) is 16.7 Å². The number of rotatable bonds is 2. The maximum absolute atomic E-state index is 11.3. The molecule has 80 valence electrons. The molecule has 5 nitrogen and oxygen atoms in total. The van der Waals surface area contributed by atoms with E-state index in [1.54, 1.807) is 6.07 Å². The van der Waals surface area contributed by atoms with Crippen molar-refractivity contribution < 1.29 is 42.7 Å². The zero-order valence-electron chi connectivity index (χ0n) is 8.93. The molecule has 0 aliphatic heterocycles. The Morgan fingerprint density at radius 3 is 2.75 bits per heavy atom. The van der Waals surface area contributed by atoms with Gasteiger partial charge in [-0.05, 0) is 36.2 Å². The van der Waals surface area contributed by atoms with E-state index in [1.807, 2.05) is 6.92 Å². The first-order valence-electron chi connectivity index (χ1n) is 4.36. The van der Waals surface area contributed by atoms with Crippen LogP contribution in [0.25, 0.3) is 11.1 Å². The molecule has 0 radical (unpaired) electrons. The SMILES string of the molecule is CCn1c(=O)oc2cc(S(=O)[O-])ccc21.[Na+]. The van der Waals surface area contributed by atoms with Gasteiger partial charge in [0.05, 0.1) is 5.52 Å². The molecule has 0 spiro atoms. The van der Waals surface area contributed by atoms with Crippen LogP contribution in [0.5, 0.6) is 0 Å². The van der Waals surface area contributed by atoms with Crippen molar-refractivity contribution in [3.63, 3.8) is 0 Å². The number of hydrogen-bond acceptors (Lipinski definition) is 4. The summed E-state index contributed by atoms with van der Waals surface area (Å²) in [6.07, 6.45) is 0. The Labute approximate surface area is 116 Å². The third kappa shape index (κ3) is 2.31. The molecule has 0 saturated carbocycles. The minimum atomic E-state index is -2.31. The maximum atomic E-state index is 11.3. The van der Waals surface area contributed by atoms with Crippen LogP contribution in [0.15, 0.2) is 32.3 Å². The molecule has 0 amide bonds. The van der Waals surface area contributed by atoms with Gasteiger partial charge < -0.3 is 8.97 Å². The van der Waals surface area contributed by atoms with Gasteiger partial charge in [-0.3, -0.25) is 8.78 Å². The van der Waals surface area contributed by atoms with Crippen LogP contribution in [0.4, 0.5) is 0 Å². The number of aromatic nitrogens is 1. The van der Waals surface area contributed by atoms with E-state index < -0.39 is 16.8 Å². The van der Waals surface area contributed by atoms with Crippen molar-refractivity contribution in [2.24, 2.45) is 0 Å². The zero-order chi connectivity index (χ0) is 11.0. The second-order valence-electron chi connectivity index (χ2n) is 2.98. The molecular formula is C9H8NNaO4S. The average Bonchev–Trinajstić information content (AvgIpc) is 2.51. The normalized spacial score (nSPS) is 12.4. The van der Waals surface area contributed by atoms with Crippen LogP contribution in [-0.2, 0) is 17.6 Å². The number of benzene rings is 1. The quantitative estimate of drug-likeness (QED) is 0.449. The number of fused-ring (bicyclic) bond motifs is 1. The second-order valence-corrected chi connectivity index (χ2v) is 3.92. The van der Waals surface area contributed by atoms with Crippen molar-refractivity contribution in [3.8, 4) is 0 Å². The summed E-state index contributed by atoms with van der Waals surface area (Å²) in [5.74, 6) is -0.471. The predicted molar refractivity (Wildman–Crippen MR) is 53.3 cm³/mol. The van der Waals surface area contributed by atoms with Crippen LogP contribution in [0.2, 0.25) is 0 Å². The Balaban J connectivity index is 0.00000128. The molecule has 16 heavy (non-hydrogen) atoms. The van der Waals surface area contributed by atoms with E-state index in [4.69, 9.17) is 4.42 Å². The van der Waals surface area contributed by atoms with Gasteiger partial charge in [0.25, 0.3) is 0 Å². The minimum Gasteiger partial charge on any atom is -0.768 e. The van der Waals surface area contributed by atoms with Crippen molar-refractivity contribution >= 4 is 22.2 Å². The summed E-state index contributed by atoms with van der Waals surface area (Å²) >= 11 is -2.31. The number of hydrogen-bond donors (Lipinski definition) is 0.